The van der Waals surface area contributed by atoms with Crippen LogP contribution < -0.4 is 0 Å². The first-order chi connectivity index (χ1) is 17.8. The second-order valence-electron chi connectivity index (χ2n) is 9.14. The van der Waals surface area contributed by atoms with Gasteiger partial charge in [-0.2, -0.15) is 0 Å². The number of carbonyl (C=O) groups excluding carboxylic acids is 1. The number of aromatic carboxylic acids is 1. The summed E-state index contributed by atoms with van der Waals surface area (Å²) in [7, 11) is 3.78. The second-order valence-corrected chi connectivity index (χ2v) is 9.14. The van der Waals surface area contributed by atoms with Crippen LogP contribution in [0.25, 0.3) is 11.1 Å². The molecule has 4 rings (SSSR count). The summed E-state index contributed by atoms with van der Waals surface area (Å²) in [6.07, 6.45) is 0. The monoisotopic (exact) mass is 505 g/mol. The maximum Gasteiger partial charge on any atom is 0.335 e. The summed E-state index contributed by atoms with van der Waals surface area (Å²) in [5.41, 5.74) is 3.59. The normalized spacial score (nSPS) is 14.0. The number of likely N-dealkylation sites (N-methyl/N-ethyl adjacent to an activating group) is 1. The Kier molecular flexibility index (Phi) is 9.94. The molecule has 0 radical (unpaired) electrons. The molecule has 0 aliphatic carbocycles. The van der Waals surface area contributed by atoms with Crippen LogP contribution in [-0.2, 0) is 13.1 Å². The average Bonchev–Trinajstić information content (AvgIpc) is 2.92. The van der Waals surface area contributed by atoms with E-state index < -0.39 is 5.97 Å². The Hall–Kier alpha value is -3.55. The molecule has 1 saturated heterocycles. The van der Waals surface area contributed by atoms with Gasteiger partial charge in [0.2, 0.25) is 0 Å². The third-order valence-corrected chi connectivity index (χ3v) is 6.39. The quantitative estimate of drug-likeness (QED) is 0.476. The lowest BCUT2D eigenvalue weighted by molar-refractivity contribution is 0.0697. The third-order valence-electron chi connectivity index (χ3n) is 6.39. The van der Waals surface area contributed by atoms with Crippen molar-refractivity contribution in [3.63, 3.8) is 0 Å². The van der Waals surface area contributed by atoms with Crippen LogP contribution in [0.15, 0.2) is 66.7 Å². The standard InChI is InChI=1S/C28H30FN3O3.C2H6/c1-30-11-13-32(14-12-30)19-20-5-3-6-22(15-20)25-16-21(9-10-26(25)29)18-31(2)27(33)23-7-4-8-24(17-23)28(34)35;1-2/h3-10,15-17H,11-14,18-19H2,1-2H3,(H,34,35);1-2H3. The summed E-state index contributed by atoms with van der Waals surface area (Å²) in [5.74, 6) is -1.69. The van der Waals surface area contributed by atoms with E-state index in [1.807, 2.05) is 32.0 Å². The van der Waals surface area contributed by atoms with Crippen LogP contribution in [-0.4, -0.2) is 72.0 Å². The van der Waals surface area contributed by atoms with Gasteiger partial charge in [0.1, 0.15) is 5.82 Å². The molecule has 0 unspecified atom stereocenters. The van der Waals surface area contributed by atoms with Crippen LogP contribution >= 0.6 is 0 Å². The molecule has 1 heterocycles. The molecule has 37 heavy (non-hydrogen) atoms. The molecule has 1 N–H and O–H groups in total. The van der Waals surface area contributed by atoms with Crippen molar-refractivity contribution in [2.24, 2.45) is 0 Å². The van der Waals surface area contributed by atoms with Gasteiger partial charge in [-0.1, -0.05) is 44.2 Å². The summed E-state index contributed by atoms with van der Waals surface area (Å²) < 4.78 is 14.8. The topological polar surface area (TPSA) is 64.1 Å². The van der Waals surface area contributed by atoms with E-state index in [1.54, 1.807) is 31.3 Å². The van der Waals surface area contributed by atoms with Crippen molar-refractivity contribution in [1.82, 2.24) is 14.7 Å². The van der Waals surface area contributed by atoms with Crippen molar-refractivity contribution in [2.45, 2.75) is 26.9 Å². The molecule has 3 aromatic carbocycles. The van der Waals surface area contributed by atoms with Gasteiger partial charge in [-0.15, -0.1) is 0 Å². The molecule has 1 fully saturated rings. The van der Waals surface area contributed by atoms with E-state index in [2.05, 4.69) is 22.9 Å². The van der Waals surface area contributed by atoms with Crippen LogP contribution in [0, 0.1) is 5.82 Å². The number of hydrogen-bond acceptors (Lipinski definition) is 4. The Morgan fingerprint density at radius 2 is 1.57 bits per heavy atom. The molecule has 0 spiro atoms. The Morgan fingerprint density at radius 1 is 0.892 bits per heavy atom. The Bertz CT molecular complexity index is 1220. The first-order valence-corrected chi connectivity index (χ1v) is 12.7. The zero-order chi connectivity index (χ0) is 26.9. The van der Waals surface area contributed by atoms with E-state index in [1.165, 1.54) is 23.1 Å². The zero-order valence-corrected chi connectivity index (χ0v) is 22.1. The predicted molar refractivity (Wildman–Crippen MR) is 145 cm³/mol. The number of halogens is 1. The third kappa shape index (κ3) is 7.47. The molecule has 0 aromatic heterocycles. The van der Waals surface area contributed by atoms with E-state index >= 15 is 0 Å². The fraction of sp³-hybridized carbons (Fsp3) is 0.333. The minimum atomic E-state index is -1.08. The molecular formula is C30H36FN3O3. The molecule has 196 valence electrons. The van der Waals surface area contributed by atoms with Crippen molar-refractivity contribution >= 4 is 11.9 Å². The number of nitrogens with zero attached hydrogens (tertiary/aromatic N) is 3. The summed E-state index contributed by atoms with van der Waals surface area (Å²) in [6.45, 7) is 9.22. The number of carboxylic acid groups (broad SMARTS) is 1. The second kappa shape index (κ2) is 13.1. The Morgan fingerprint density at radius 3 is 2.27 bits per heavy atom. The lowest BCUT2D eigenvalue weighted by atomic mass is 9.99. The first-order valence-electron chi connectivity index (χ1n) is 12.7. The molecule has 1 aliphatic heterocycles. The molecule has 1 aliphatic rings. The summed E-state index contributed by atoms with van der Waals surface area (Å²) in [6, 6.07) is 18.8. The molecule has 6 nitrogen and oxygen atoms in total. The van der Waals surface area contributed by atoms with E-state index in [9.17, 15) is 19.1 Å². The largest absolute Gasteiger partial charge is 0.478 e. The van der Waals surface area contributed by atoms with Gasteiger partial charge in [0, 0.05) is 57.4 Å². The van der Waals surface area contributed by atoms with Crippen LogP contribution in [0.5, 0.6) is 0 Å². The van der Waals surface area contributed by atoms with Gasteiger partial charge < -0.3 is 14.9 Å². The van der Waals surface area contributed by atoms with Gasteiger partial charge in [0.15, 0.2) is 0 Å². The van der Waals surface area contributed by atoms with Crippen molar-refractivity contribution < 1.29 is 19.1 Å². The lowest BCUT2D eigenvalue weighted by Gasteiger charge is -2.32. The van der Waals surface area contributed by atoms with Gasteiger partial charge in [0.25, 0.3) is 5.91 Å². The average molecular weight is 506 g/mol. The number of carboxylic acids is 1. The number of hydrogen-bond donors (Lipinski definition) is 1. The predicted octanol–water partition coefficient (Wildman–Crippen LogP) is 5.24. The molecule has 3 aromatic rings. The van der Waals surface area contributed by atoms with Gasteiger partial charge in [-0.25, -0.2) is 9.18 Å². The smallest absolute Gasteiger partial charge is 0.335 e. The number of carbonyl (C=O) groups is 2. The van der Waals surface area contributed by atoms with E-state index in [-0.39, 0.29) is 23.8 Å². The highest BCUT2D eigenvalue weighted by molar-refractivity contribution is 5.97. The van der Waals surface area contributed by atoms with E-state index in [0.29, 0.717) is 11.1 Å². The van der Waals surface area contributed by atoms with E-state index in [0.717, 1.165) is 49.4 Å². The fourth-order valence-corrected chi connectivity index (χ4v) is 4.34. The van der Waals surface area contributed by atoms with Gasteiger partial charge in [-0.3, -0.25) is 9.69 Å². The molecule has 1 amide bonds. The van der Waals surface area contributed by atoms with Crippen molar-refractivity contribution in [1.29, 1.82) is 0 Å². The van der Waals surface area contributed by atoms with Crippen LogP contribution in [0.4, 0.5) is 4.39 Å². The first kappa shape index (κ1) is 28.0. The fourth-order valence-electron chi connectivity index (χ4n) is 4.34. The van der Waals surface area contributed by atoms with Gasteiger partial charge in [-0.05, 0) is 60.1 Å². The highest BCUT2D eigenvalue weighted by Gasteiger charge is 2.17. The van der Waals surface area contributed by atoms with Crippen LogP contribution in [0.1, 0.15) is 45.7 Å². The van der Waals surface area contributed by atoms with Crippen LogP contribution in [0.2, 0.25) is 0 Å². The SMILES string of the molecule is CC.CN1CCN(Cc2cccc(-c3cc(CN(C)C(=O)c4cccc(C(=O)O)c4)ccc3F)c2)CC1. The summed E-state index contributed by atoms with van der Waals surface area (Å²) in [5, 5.41) is 9.19. The molecule has 0 atom stereocenters. The number of benzene rings is 3. The lowest BCUT2D eigenvalue weighted by Crippen LogP contribution is -2.43. The molecule has 0 saturated carbocycles. The van der Waals surface area contributed by atoms with Gasteiger partial charge in [0.05, 0.1) is 5.56 Å². The van der Waals surface area contributed by atoms with E-state index in [4.69, 9.17) is 0 Å². The van der Waals surface area contributed by atoms with Crippen molar-refractivity contribution in [2.75, 3.05) is 40.3 Å². The maximum absolute atomic E-state index is 14.8. The number of piperazine rings is 1. The highest BCUT2D eigenvalue weighted by atomic mass is 19.1. The minimum absolute atomic E-state index is 0.0600. The zero-order valence-electron chi connectivity index (χ0n) is 22.1. The molecule has 0 bridgehead atoms. The minimum Gasteiger partial charge on any atom is -0.478 e. The summed E-state index contributed by atoms with van der Waals surface area (Å²) >= 11 is 0. The van der Waals surface area contributed by atoms with Gasteiger partial charge >= 0.3 is 5.97 Å². The van der Waals surface area contributed by atoms with Crippen LogP contribution in [0.3, 0.4) is 0 Å². The van der Waals surface area contributed by atoms with Crippen molar-refractivity contribution in [3.05, 3.63) is 94.8 Å². The highest BCUT2D eigenvalue weighted by Crippen LogP contribution is 2.26. The summed E-state index contributed by atoms with van der Waals surface area (Å²) in [4.78, 5) is 30.3. The molecular weight excluding hydrogens is 469 g/mol. The Labute approximate surface area is 218 Å². The molecule has 7 heteroatoms. The maximum atomic E-state index is 14.8. The Balaban J connectivity index is 0.00000186. The number of rotatable bonds is 7. The number of amides is 1. The van der Waals surface area contributed by atoms with Crippen molar-refractivity contribution in [3.8, 4) is 11.1 Å².